The lowest BCUT2D eigenvalue weighted by Gasteiger charge is -2.31. The van der Waals surface area contributed by atoms with Crippen LogP contribution in [-0.2, 0) is 0 Å². The molecule has 1 aliphatic rings. The first-order valence-electron chi connectivity index (χ1n) is 5.78. The average molecular weight is 304 g/mol. The Balaban J connectivity index is 2.24. The summed E-state index contributed by atoms with van der Waals surface area (Å²) in [6.07, 6.45) is 3.80. The Labute approximate surface area is 110 Å². The minimum Gasteiger partial charge on any atom is -0.494 e. The highest BCUT2D eigenvalue weighted by Crippen LogP contribution is 2.45. The van der Waals surface area contributed by atoms with Crippen LogP contribution < -0.4 is 4.74 Å². The van der Waals surface area contributed by atoms with E-state index in [0.717, 1.165) is 15.8 Å². The third-order valence-electron chi connectivity index (χ3n) is 3.13. The van der Waals surface area contributed by atoms with E-state index >= 15 is 0 Å². The lowest BCUT2D eigenvalue weighted by Crippen LogP contribution is -2.17. The molecule has 0 aliphatic heterocycles. The fourth-order valence-electron chi connectivity index (χ4n) is 2.01. The van der Waals surface area contributed by atoms with Crippen molar-refractivity contribution in [2.45, 2.75) is 31.6 Å². The minimum absolute atomic E-state index is 0.0906. The van der Waals surface area contributed by atoms with Gasteiger partial charge in [0.05, 0.1) is 12.0 Å². The molecular formula is C13H16BrClO. The lowest BCUT2D eigenvalue weighted by molar-refractivity contribution is 0.293. The van der Waals surface area contributed by atoms with Gasteiger partial charge < -0.3 is 4.74 Å². The molecule has 16 heavy (non-hydrogen) atoms. The smallest absolute Gasteiger partial charge is 0.124 e. The van der Waals surface area contributed by atoms with Gasteiger partial charge in [-0.1, -0.05) is 22.4 Å². The van der Waals surface area contributed by atoms with E-state index in [2.05, 4.69) is 22.0 Å². The van der Waals surface area contributed by atoms with Crippen molar-refractivity contribution in [3.63, 3.8) is 0 Å². The van der Waals surface area contributed by atoms with Crippen LogP contribution >= 0.6 is 27.5 Å². The van der Waals surface area contributed by atoms with E-state index in [1.165, 1.54) is 19.3 Å². The third-order valence-corrected chi connectivity index (χ3v) is 4.22. The van der Waals surface area contributed by atoms with Gasteiger partial charge in [-0.15, -0.1) is 11.6 Å². The zero-order chi connectivity index (χ0) is 11.5. The third kappa shape index (κ3) is 2.54. The van der Waals surface area contributed by atoms with Gasteiger partial charge in [-0.2, -0.15) is 0 Å². The van der Waals surface area contributed by atoms with E-state index in [9.17, 15) is 0 Å². The Morgan fingerprint density at radius 3 is 2.81 bits per heavy atom. The number of alkyl halides is 1. The number of halogens is 2. The van der Waals surface area contributed by atoms with Gasteiger partial charge in [0.1, 0.15) is 5.75 Å². The maximum atomic E-state index is 6.52. The first-order valence-corrected chi connectivity index (χ1v) is 7.01. The zero-order valence-electron chi connectivity index (χ0n) is 9.38. The Morgan fingerprint density at radius 1 is 1.50 bits per heavy atom. The molecule has 0 heterocycles. The summed E-state index contributed by atoms with van der Waals surface area (Å²) in [5.74, 6) is 1.55. The highest BCUT2D eigenvalue weighted by Gasteiger charge is 2.28. The van der Waals surface area contributed by atoms with Crippen molar-refractivity contribution in [2.75, 3.05) is 6.61 Å². The van der Waals surface area contributed by atoms with E-state index in [1.807, 2.05) is 19.1 Å². The van der Waals surface area contributed by atoms with E-state index in [-0.39, 0.29) is 5.38 Å². The van der Waals surface area contributed by atoms with Gasteiger partial charge in [0.2, 0.25) is 0 Å². The van der Waals surface area contributed by atoms with Crippen LogP contribution in [0.15, 0.2) is 22.7 Å². The summed E-state index contributed by atoms with van der Waals surface area (Å²) < 4.78 is 6.69. The molecule has 2 rings (SSSR count). The van der Waals surface area contributed by atoms with Crippen LogP contribution in [0.2, 0.25) is 0 Å². The highest BCUT2D eigenvalue weighted by molar-refractivity contribution is 9.10. The molecule has 1 fully saturated rings. The number of hydrogen-bond donors (Lipinski definition) is 0. The molecule has 0 spiro atoms. The number of benzene rings is 1. The molecule has 1 unspecified atom stereocenters. The Hall–Kier alpha value is -0.210. The number of ether oxygens (including phenoxy) is 1. The quantitative estimate of drug-likeness (QED) is 0.717. The van der Waals surface area contributed by atoms with Crippen LogP contribution in [-0.4, -0.2) is 6.61 Å². The normalized spacial score (nSPS) is 17.9. The van der Waals surface area contributed by atoms with Crippen molar-refractivity contribution in [3.8, 4) is 5.75 Å². The second kappa shape index (κ2) is 5.42. The van der Waals surface area contributed by atoms with Crippen molar-refractivity contribution in [1.82, 2.24) is 0 Å². The summed E-state index contributed by atoms with van der Waals surface area (Å²) in [7, 11) is 0. The summed E-state index contributed by atoms with van der Waals surface area (Å²) in [5, 5.41) is 0.0906. The molecule has 0 saturated heterocycles. The largest absolute Gasteiger partial charge is 0.494 e. The summed E-state index contributed by atoms with van der Waals surface area (Å²) in [6.45, 7) is 2.68. The SMILES string of the molecule is CCOc1ccc(Br)cc1C(Cl)C1CCC1. The van der Waals surface area contributed by atoms with Gasteiger partial charge >= 0.3 is 0 Å². The summed E-state index contributed by atoms with van der Waals surface area (Å²) >= 11 is 10.0. The van der Waals surface area contributed by atoms with Crippen LogP contribution in [0.25, 0.3) is 0 Å². The number of rotatable bonds is 4. The summed E-state index contributed by atoms with van der Waals surface area (Å²) in [5.41, 5.74) is 1.13. The second-order valence-corrected chi connectivity index (χ2v) is 5.59. The van der Waals surface area contributed by atoms with Crippen molar-refractivity contribution in [2.24, 2.45) is 5.92 Å². The topological polar surface area (TPSA) is 9.23 Å². The van der Waals surface area contributed by atoms with Gasteiger partial charge in [-0.3, -0.25) is 0 Å². The molecule has 0 aromatic heterocycles. The molecular weight excluding hydrogens is 287 g/mol. The Bertz CT molecular complexity index is 363. The van der Waals surface area contributed by atoms with E-state index in [0.29, 0.717) is 12.5 Å². The Morgan fingerprint density at radius 2 is 2.25 bits per heavy atom. The lowest BCUT2D eigenvalue weighted by atomic mass is 9.80. The highest BCUT2D eigenvalue weighted by atomic mass is 79.9. The predicted molar refractivity (Wildman–Crippen MR) is 71.2 cm³/mol. The summed E-state index contributed by atoms with van der Waals surface area (Å²) in [4.78, 5) is 0. The predicted octanol–water partition coefficient (Wildman–Crippen LogP) is 4.93. The van der Waals surface area contributed by atoms with Crippen LogP contribution in [0.5, 0.6) is 5.75 Å². The van der Waals surface area contributed by atoms with E-state index < -0.39 is 0 Å². The number of hydrogen-bond acceptors (Lipinski definition) is 1. The molecule has 1 atom stereocenters. The molecule has 0 amide bonds. The van der Waals surface area contributed by atoms with E-state index in [1.54, 1.807) is 0 Å². The first kappa shape index (κ1) is 12.3. The average Bonchev–Trinajstić information content (AvgIpc) is 2.18. The van der Waals surface area contributed by atoms with Crippen molar-refractivity contribution in [1.29, 1.82) is 0 Å². The Kier molecular flexibility index (Phi) is 4.15. The monoisotopic (exact) mass is 302 g/mol. The van der Waals surface area contributed by atoms with Gasteiger partial charge in [-0.25, -0.2) is 0 Å². The maximum Gasteiger partial charge on any atom is 0.124 e. The zero-order valence-corrected chi connectivity index (χ0v) is 11.7. The second-order valence-electron chi connectivity index (χ2n) is 4.21. The van der Waals surface area contributed by atoms with Crippen molar-refractivity contribution >= 4 is 27.5 Å². The van der Waals surface area contributed by atoms with Crippen molar-refractivity contribution < 1.29 is 4.74 Å². The van der Waals surface area contributed by atoms with Gasteiger partial charge in [0.15, 0.2) is 0 Å². The van der Waals surface area contributed by atoms with Crippen molar-refractivity contribution in [3.05, 3.63) is 28.2 Å². The fourth-order valence-corrected chi connectivity index (χ4v) is 2.81. The fraction of sp³-hybridized carbons (Fsp3) is 0.538. The van der Waals surface area contributed by atoms with Gasteiger partial charge in [0.25, 0.3) is 0 Å². The molecule has 0 radical (unpaired) electrons. The standard InChI is InChI=1S/C13H16BrClO/c1-2-16-12-7-6-10(14)8-11(12)13(15)9-4-3-5-9/h6-9,13H,2-5H2,1H3. The minimum atomic E-state index is 0.0906. The van der Waals surface area contributed by atoms with E-state index in [4.69, 9.17) is 16.3 Å². The van der Waals surface area contributed by atoms with Gasteiger partial charge in [0, 0.05) is 10.0 Å². The van der Waals surface area contributed by atoms with Crippen LogP contribution in [0, 0.1) is 5.92 Å². The molecule has 0 bridgehead atoms. The molecule has 1 saturated carbocycles. The van der Waals surface area contributed by atoms with Crippen LogP contribution in [0.4, 0.5) is 0 Å². The maximum absolute atomic E-state index is 6.52. The molecule has 1 nitrogen and oxygen atoms in total. The molecule has 0 N–H and O–H groups in total. The molecule has 1 aromatic carbocycles. The molecule has 88 valence electrons. The molecule has 1 aromatic rings. The first-order chi connectivity index (χ1) is 7.72. The molecule has 3 heteroatoms. The summed E-state index contributed by atoms with van der Waals surface area (Å²) in [6, 6.07) is 6.08. The van der Waals surface area contributed by atoms with Crippen LogP contribution in [0.3, 0.4) is 0 Å². The van der Waals surface area contributed by atoms with Gasteiger partial charge in [-0.05, 0) is 43.9 Å². The van der Waals surface area contributed by atoms with Crippen LogP contribution in [0.1, 0.15) is 37.1 Å². The molecule has 1 aliphatic carbocycles.